The Balaban J connectivity index is 1.80. The number of ether oxygens (including phenoxy) is 1. The number of pyridine rings is 2. The van der Waals surface area contributed by atoms with Crippen LogP contribution in [0.4, 0.5) is 0 Å². The minimum atomic E-state index is -0.262. The van der Waals surface area contributed by atoms with Crippen LogP contribution in [0.1, 0.15) is 46.7 Å². The molecule has 3 aromatic rings. The zero-order chi connectivity index (χ0) is 22.8. The third-order valence-corrected chi connectivity index (χ3v) is 6.25. The lowest BCUT2D eigenvalue weighted by atomic mass is 9.96. The number of thiocarbonyl (C=S) groups is 1. The van der Waals surface area contributed by atoms with Crippen molar-refractivity contribution in [3.63, 3.8) is 0 Å². The van der Waals surface area contributed by atoms with Crippen molar-refractivity contribution in [3.8, 4) is 5.82 Å². The monoisotopic (exact) mass is 449 g/mol. The molecule has 1 fully saturated rings. The van der Waals surface area contributed by atoms with Crippen molar-refractivity contribution in [1.82, 2.24) is 24.8 Å². The number of carbonyl (C=O) groups is 1. The summed E-state index contributed by atoms with van der Waals surface area (Å²) in [7, 11) is 1.40. The van der Waals surface area contributed by atoms with Crippen LogP contribution in [-0.2, 0) is 9.53 Å². The fourth-order valence-corrected chi connectivity index (χ4v) is 4.71. The van der Waals surface area contributed by atoms with Crippen LogP contribution in [0.5, 0.6) is 0 Å². The number of nitrogens with zero attached hydrogens (tertiary/aromatic N) is 4. The molecule has 166 valence electrons. The maximum atomic E-state index is 11.9. The van der Waals surface area contributed by atoms with Gasteiger partial charge in [-0.3, -0.25) is 9.78 Å². The Labute approximate surface area is 193 Å². The van der Waals surface area contributed by atoms with Crippen molar-refractivity contribution in [1.29, 1.82) is 0 Å². The zero-order valence-electron chi connectivity index (χ0n) is 18.7. The fourth-order valence-electron chi connectivity index (χ4n) is 4.38. The van der Waals surface area contributed by atoms with Gasteiger partial charge in [0, 0.05) is 30.3 Å². The van der Waals surface area contributed by atoms with Crippen LogP contribution in [-0.4, -0.2) is 44.2 Å². The Morgan fingerprint density at radius 3 is 2.66 bits per heavy atom. The minimum Gasteiger partial charge on any atom is -0.469 e. The average Bonchev–Trinajstić information content (AvgIpc) is 3.27. The van der Waals surface area contributed by atoms with E-state index < -0.39 is 0 Å². The SMILES string of the molecule is COC(=O)CCN1C(=S)NC(c2ccccn2)C1c1cc(C)n(-c2cc(C)ccn2)c1C. The number of hydrogen-bond acceptors (Lipinski definition) is 5. The van der Waals surface area contributed by atoms with Crippen molar-refractivity contribution in [3.05, 3.63) is 77.0 Å². The van der Waals surface area contributed by atoms with E-state index in [2.05, 4.69) is 57.7 Å². The molecule has 1 saturated heterocycles. The summed E-state index contributed by atoms with van der Waals surface area (Å²) in [6, 6.07) is 11.9. The number of aryl methyl sites for hydroxylation is 2. The standard InChI is InChI=1S/C24H27N5O2S/c1-15-8-11-26-20(13-15)29-16(2)14-18(17(29)3)23-22(19-7-5-6-10-25-19)27-24(32)28(23)12-9-21(30)31-4/h5-8,10-11,13-14,22-23H,9,12H2,1-4H3,(H,27,32). The highest BCUT2D eigenvalue weighted by Gasteiger charge is 2.41. The first kappa shape index (κ1) is 22.0. The second-order valence-corrected chi connectivity index (χ2v) is 8.39. The molecular weight excluding hydrogens is 422 g/mol. The summed E-state index contributed by atoms with van der Waals surface area (Å²) in [5.41, 5.74) is 5.35. The molecule has 0 bridgehead atoms. The van der Waals surface area contributed by atoms with E-state index in [1.54, 1.807) is 6.20 Å². The van der Waals surface area contributed by atoms with Crippen molar-refractivity contribution < 1.29 is 9.53 Å². The van der Waals surface area contributed by atoms with E-state index in [0.29, 0.717) is 11.7 Å². The molecule has 0 saturated carbocycles. The van der Waals surface area contributed by atoms with Gasteiger partial charge in [-0.1, -0.05) is 6.07 Å². The van der Waals surface area contributed by atoms with Crippen LogP contribution in [0.3, 0.4) is 0 Å². The van der Waals surface area contributed by atoms with Crippen LogP contribution in [0, 0.1) is 20.8 Å². The van der Waals surface area contributed by atoms with Gasteiger partial charge in [-0.15, -0.1) is 0 Å². The average molecular weight is 450 g/mol. The van der Waals surface area contributed by atoms with Gasteiger partial charge in [0.1, 0.15) is 5.82 Å². The van der Waals surface area contributed by atoms with Gasteiger partial charge in [0.25, 0.3) is 0 Å². The molecule has 1 aliphatic rings. The Morgan fingerprint density at radius 1 is 1.16 bits per heavy atom. The lowest BCUT2D eigenvalue weighted by Crippen LogP contribution is -2.32. The molecule has 2 unspecified atom stereocenters. The second-order valence-electron chi connectivity index (χ2n) is 8.00. The second kappa shape index (κ2) is 9.08. The number of hydrogen-bond donors (Lipinski definition) is 1. The van der Waals surface area contributed by atoms with Crippen molar-refractivity contribution in [2.75, 3.05) is 13.7 Å². The first-order valence-electron chi connectivity index (χ1n) is 10.6. The van der Waals surface area contributed by atoms with Crippen LogP contribution >= 0.6 is 12.2 Å². The van der Waals surface area contributed by atoms with E-state index in [-0.39, 0.29) is 24.5 Å². The normalized spacial score (nSPS) is 18.0. The first-order valence-corrected chi connectivity index (χ1v) is 11.0. The number of esters is 1. The van der Waals surface area contributed by atoms with Gasteiger partial charge in [-0.25, -0.2) is 4.98 Å². The molecule has 1 N–H and O–H groups in total. The topological polar surface area (TPSA) is 72.3 Å². The van der Waals surface area contributed by atoms with E-state index in [1.165, 1.54) is 7.11 Å². The maximum absolute atomic E-state index is 11.9. The molecule has 32 heavy (non-hydrogen) atoms. The van der Waals surface area contributed by atoms with Crippen molar-refractivity contribution in [2.24, 2.45) is 0 Å². The Hall–Kier alpha value is -3.26. The van der Waals surface area contributed by atoms with E-state index in [0.717, 1.165) is 34.0 Å². The predicted octanol–water partition coefficient (Wildman–Crippen LogP) is 3.73. The third kappa shape index (κ3) is 4.10. The summed E-state index contributed by atoms with van der Waals surface area (Å²) in [5.74, 6) is 0.623. The Bertz CT molecular complexity index is 1140. The van der Waals surface area contributed by atoms with E-state index >= 15 is 0 Å². The van der Waals surface area contributed by atoms with Crippen LogP contribution in [0.25, 0.3) is 5.82 Å². The summed E-state index contributed by atoms with van der Waals surface area (Å²) < 4.78 is 7.02. The molecule has 3 aromatic heterocycles. The lowest BCUT2D eigenvalue weighted by Gasteiger charge is -2.27. The summed E-state index contributed by atoms with van der Waals surface area (Å²) in [6.07, 6.45) is 3.87. The molecule has 8 heteroatoms. The molecule has 1 aliphatic heterocycles. The molecule has 2 atom stereocenters. The number of carbonyl (C=O) groups excluding carboxylic acids is 1. The summed E-state index contributed by atoms with van der Waals surface area (Å²) in [4.78, 5) is 23.1. The molecule has 7 nitrogen and oxygen atoms in total. The predicted molar refractivity (Wildman–Crippen MR) is 127 cm³/mol. The van der Waals surface area contributed by atoms with E-state index in [4.69, 9.17) is 17.0 Å². The van der Waals surface area contributed by atoms with Gasteiger partial charge in [-0.05, 0) is 74.4 Å². The molecular formula is C24H27N5O2S. The zero-order valence-corrected chi connectivity index (χ0v) is 19.5. The quantitative estimate of drug-likeness (QED) is 0.454. The van der Waals surface area contributed by atoms with Gasteiger partial charge in [0.15, 0.2) is 5.11 Å². The van der Waals surface area contributed by atoms with Crippen LogP contribution < -0.4 is 5.32 Å². The molecule has 4 heterocycles. The highest BCUT2D eigenvalue weighted by atomic mass is 32.1. The first-order chi connectivity index (χ1) is 15.4. The Kier molecular flexibility index (Phi) is 6.23. The van der Waals surface area contributed by atoms with Gasteiger partial charge >= 0.3 is 5.97 Å². The molecule has 0 radical (unpaired) electrons. The van der Waals surface area contributed by atoms with Crippen molar-refractivity contribution in [2.45, 2.75) is 39.3 Å². The summed E-state index contributed by atoms with van der Waals surface area (Å²) in [5, 5.41) is 4.04. The smallest absolute Gasteiger partial charge is 0.307 e. The lowest BCUT2D eigenvalue weighted by molar-refractivity contribution is -0.140. The van der Waals surface area contributed by atoms with Gasteiger partial charge < -0.3 is 19.5 Å². The van der Waals surface area contributed by atoms with Crippen LogP contribution in [0.2, 0.25) is 0 Å². The molecule has 4 rings (SSSR count). The molecule has 0 aliphatic carbocycles. The third-order valence-electron chi connectivity index (χ3n) is 5.90. The molecule has 0 aromatic carbocycles. The molecule has 0 amide bonds. The summed E-state index contributed by atoms with van der Waals surface area (Å²) in [6.45, 7) is 6.70. The number of methoxy groups -OCH3 is 1. The van der Waals surface area contributed by atoms with Gasteiger partial charge in [0.2, 0.25) is 0 Å². The highest BCUT2D eigenvalue weighted by Crippen LogP contribution is 2.41. The Morgan fingerprint density at radius 2 is 1.97 bits per heavy atom. The van der Waals surface area contributed by atoms with Crippen molar-refractivity contribution >= 4 is 23.3 Å². The fraction of sp³-hybridized carbons (Fsp3) is 0.333. The van der Waals surface area contributed by atoms with Crippen LogP contribution in [0.15, 0.2) is 48.8 Å². The maximum Gasteiger partial charge on any atom is 0.307 e. The number of rotatable bonds is 6. The number of nitrogens with one attached hydrogen (secondary N) is 1. The van der Waals surface area contributed by atoms with Gasteiger partial charge in [-0.2, -0.15) is 0 Å². The number of aromatic nitrogens is 3. The van der Waals surface area contributed by atoms with E-state index in [9.17, 15) is 4.79 Å². The molecule has 0 spiro atoms. The van der Waals surface area contributed by atoms with Gasteiger partial charge in [0.05, 0.1) is 31.3 Å². The summed E-state index contributed by atoms with van der Waals surface area (Å²) >= 11 is 5.69. The van der Waals surface area contributed by atoms with E-state index in [1.807, 2.05) is 30.5 Å². The largest absolute Gasteiger partial charge is 0.469 e. The minimum absolute atomic E-state index is 0.119. The highest BCUT2D eigenvalue weighted by molar-refractivity contribution is 7.80.